The normalized spacial score (nSPS) is 8.91. The number of hydrogen-bond donors (Lipinski definition) is 6. The molecule has 0 saturated heterocycles. The second kappa shape index (κ2) is 15.4. The fourth-order valence-electron chi connectivity index (χ4n) is 0.979. The molecule has 8 heteroatoms. The van der Waals surface area contributed by atoms with Gasteiger partial charge >= 0.3 is 11.9 Å². The van der Waals surface area contributed by atoms with Crippen molar-refractivity contribution in [2.75, 3.05) is 26.4 Å². The largest absolute Gasteiger partial charge is 0.478 e. The molecule has 0 aromatic heterocycles. The fraction of sp³-hybridized carbons (Fsp3) is 0.429. The molecule has 0 aliphatic rings. The average molecular weight is 318 g/mol. The topological polar surface area (TPSA) is 156 Å². The molecule has 126 valence electrons. The molecule has 0 bridgehead atoms. The summed E-state index contributed by atoms with van der Waals surface area (Å²) >= 11 is 0. The third-order valence-corrected chi connectivity index (χ3v) is 2.05. The lowest BCUT2D eigenvalue weighted by molar-refractivity contribution is 0.0681. The molecule has 0 aliphatic heterocycles. The molecule has 8 nitrogen and oxygen atoms in total. The Hall–Kier alpha value is -2.00. The Balaban J connectivity index is 0. The van der Waals surface area contributed by atoms with E-state index in [9.17, 15) is 9.59 Å². The van der Waals surface area contributed by atoms with Crippen LogP contribution < -0.4 is 0 Å². The van der Waals surface area contributed by atoms with E-state index in [2.05, 4.69) is 0 Å². The maximum absolute atomic E-state index is 10.3. The van der Waals surface area contributed by atoms with Gasteiger partial charge in [0.2, 0.25) is 0 Å². The Labute approximate surface area is 127 Å². The summed E-state index contributed by atoms with van der Waals surface area (Å²) in [5, 5.41) is 48.4. The summed E-state index contributed by atoms with van der Waals surface area (Å²) in [6.45, 7) is 0.140. The van der Waals surface area contributed by atoms with Gasteiger partial charge < -0.3 is 30.6 Å². The predicted molar refractivity (Wildman–Crippen MR) is 77.9 cm³/mol. The third-order valence-electron chi connectivity index (χ3n) is 2.05. The number of aliphatic hydroxyl groups excluding tert-OH is 4. The lowest BCUT2D eigenvalue weighted by Gasteiger charge is -1.94. The molecule has 0 atom stereocenters. The van der Waals surface area contributed by atoms with Crippen molar-refractivity contribution >= 4 is 11.9 Å². The van der Waals surface area contributed by atoms with Crippen molar-refractivity contribution in [2.45, 2.75) is 12.8 Å². The van der Waals surface area contributed by atoms with Gasteiger partial charge in [-0.15, -0.1) is 0 Å². The van der Waals surface area contributed by atoms with Gasteiger partial charge in [-0.25, -0.2) is 9.59 Å². The molecule has 6 N–H and O–H groups in total. The molecule has 22 heavy (non-hydrogen) atoms. The van der Waals surface area contributed by atoms with Crippen molar-refractivity contribution in [1.82, 2.24) is 0 Å². The maximum Gasteiger partial charge on any atom is 0.335 e. The van der Waals surface area contributed by atoms with E-state index in [0.717, 1.165) is 12.8 Å². The average Bonchev–Trinajstić information content (AvgIpc) is 2.53. The van der Waals surface area contributed by atoms with Crippen LogP contribution in [0.5, 0.6) is 0 Å². The summed E-state index contributed by atoms with van der Waals surface area (Å²) < 4.78 is 0. The Morgan fingerprint density at radius 3 is 1.05 bits per heavy atom. The van der Waals surface area contributed by atoms with E-state index < -0.39 is 11.9 Å². The van der Waals surface area contributed by atoms with E-state index >= 15 is 0 Å². The highest BCUT2D eigenvalue weighted by molar-refractivity contribution is 5.91. The zero-order valence-corrected chi connectivity index (χ0v) is 12.1. The van der Waals surface area contributed by atoms with Crippen molar-refractivity contribution in [2.24, 2.45) is 0 Å². The Morgan fingerprint density at radius 1 is 0.636 bits per heavy atom. The summed E-state index contributed by atoms with van der Waals surface area (Å²) in [6, 6.07) is 5.02. The predicted octanol–water partition coefficient (Wildman–Crippen LogP) is -0.195. The molecule has 0 heterocycles. The van der Waals surface area contributed by atoms with Gasteiger partial charge in [-0.3, -0.25) is 0 Å². The molecule has 1 aromatic rings. The van der Waals surface area contributed by atoms with E-state index in [1.807, 2.05) is 0 Å². The lowest BCUT2D eigenvalue weighted by atomic mass is 10.1. The molecule has 0 unspecified atom stereocenters. The maximum atomic E-state index is 10.3. The Kier molecular flexibility index (Phi) is 15.6. The highest BCUT2D eigenvalue weighted by Crippen LogP contribution is 2.03. The Morgan fingerprint density at radius 2 is 0.909 bits per heavy atom. The number of hydrogen-bond acceptors (Lipinski definition) is 6. The van der Waals surface area contributed by atoms with E-state index in [0.29, 0.717) is 0 Å². The van der Waals surface area contributed by atoms with Gasteiger partial charge in [0, 0.05) is 13.2 Å². The van der Waals surface area contributed by atoms with Crippen LogP contribution in [0.2, 0.25) is 0 Å². The summed E-state index contributed by atoms with van der Waals surface area (Å²) in [5.41, 5.74) is 0.167. The quantitative estimate of drug-likeness (QED) is 0.394. The minimum Gasteiger partial charge on any atom is -0.478 e. The van der Waals surface area contributed by atoms with Crippen molar-refractivity contribution in [3.8, 4) is 0 Å². The first-order chi connectivity index (χ1) is 10.4. The van der Waals surface area contributed by atoms with Crippen LogP contribution in [0.25, 0.3) is 0 Å². The van der Waals surface area contributed by atoms with Crippen LogP contribution in [0.1, 0.15) is 33.6 Å². The van der Waals surface area contributed by atoms with Crippen LogP contribution >= 0.6 is 0 Å². The number of carboxylic acids is 2. The number of benzene rings is 1. The third kappa shape index (κ3) is 13.0. The van der Waals surface area contributed by atoms with Crippen LogP contribution in [0.15, 0.2) is 24.3 Å². The van der Waals surface area contributed by atoms with Crippen molar-refractivity contribution in [1.29, 1.82) is 0 Å². The molecule has 1 aromatic carbocycles. The molecule has 0 aliphatic carbocycles. The number of rotatable bonds is 6. The van der Waals surface area contributed by atoms with Crippen molar-refractivity contribution < 1.29 is 40.2 Å². The highest BCUT2D eigenvalue weighted by Gasteiger charge is 2.04. The summed E-state index contributed by atoms with van der Waals surface area (Å²) in [6.07, 6.45) is 1.44. The second-order valence-corrected chi connectivity index (χ2v) is 3.79. The zero-order valence-electron chi connectivity index (χ0n) is 12.1. The number of carbonyl (C=O) groups is 2. The van der Waals surface area contributed by atoms with E-state index in [1.165, 1.54) is 24.3 Å². The van der Waals surface area contributed by atoms with Crippen LogP contribution in [0.4, 0.5) is 0 Å². The van der Waals surface area contributed by atoms with Gasteiger partial charge in [-0.1, -0.05) is 0 Å². The van der Waals surface area contributed by atoms with Crippen molar-refractivity contribution in [3.63, 3.8) is 0 Å². The van der Waals surface area contributed by atoms with Crippen molar-refractivity contribution in [3.05, 3.63) is 35.4 Å². The van der Waals surface area contributed by atoms with Crippen LogP contribution in [-0.4, -0.2) is 69.0 Å². The molecule has 1 rings (SSSR count). The van der Waals surface area contributed by atoms with Gasteiger partial charge in [0.25, 0.3) is 0 Å². The smallest absolute Gasteiger partial charge is 0.335 e. The first-order valence-corrected chi connectivity index (χ1v) is 6.44. The molecule has 0 radical (unpaired) electrons. The second-order valence-electron chi connectivity index (χ2n) is 3.79. The summed E-state index contributed by atoms with van der Waals surface area (Å²) in [4.78, 5) is 20.7. The van der Waals surface area contributed by atoms with Crippen LogP contribution in [-0.2, 0) is 0 Å². The zero-order chi connectivity index (χ0) is 17.4. The number of aliphatic hydroxyl groups is 4. The fourth-order valence-corrected chi connectivity index (χ4v) is 0.979. The first kappa shape index (κ1) is 22.3. The summed E-state index contributed by atoms with van der Waals surface area (Å²) in [5.74, 6) is -2.13. The van der Waals surface area contributed by atoms with E-state index in [1.54, 1.807) is 0 Å². The van der Waals surface area contributed by atoms with Gasteiger partial charge in [0.15, 0.2) is 0 Å². The Bertz CT molecular complexity index is 363. The SMILES string of the molecule is O=C(O)c1ccc(C(=O)O)cc1.OCCCCO.OCCO. The van der Waals surface area contributed by atoms with Crippen LogP contribution in [0.3, 0.4) is 0 Å². The standard InChI is InChI=1S/C8H6O4.C4H10O2.C2H6O2/c9-7(10)5-1-2-6(4-3-5)8(11)12;5-3-1-2-4-6;3-1-2-4/h1-4H,(H,9,10)(H,11,12);5-6H,1-4H2;3-4H,1-2H2. The van der Waals surface area contributed by atoms with Gasteiger partial charge in [0.1, 0.15) is 0 Å². The molecule has 0 spiro atoms. The summed E-state index contributed by atoms with van der Waals surface area (Å²) in [7, 11) is 0. The number of unbranched alkanes of at least 4 members (excludes halogenated alkanes) is 1. The van der Waals surface area contributed by atoms with Gasteiger partial charge in [-0.2, -0.15) is 0 Å². The highest BCUT2D eigenvalue weighted by atomic mass is 16.4. The minimum absolute atomic E-state index is 0.0833. The monoisotopic (exact) mass is 318 g/mol. The number of aromatic carboxylic acids is 2. The molecule has 0 saturated carbocycles. The van der Waals surface area contributed by atoms with Crippen LogP contribution in [0, 0.1) is 0 Å². The van der Waals surface area contributed by atoms with Gasteiger partial charge in [0.05, 0.1) is 24.3 Å². The molecule has 0 fully saturated rings. The minimum atomic E-state index is -1.06. The number of carboxylic acid groups (broad SMARTS) is 2. The molecular formula is C14H22O8. The molecular weight excluding hydrogens is 296 g/mol. The van der Waals surface area contributed by atoms with E-state index in [-0.39, 0.29) is 37.6 Å². The lowest BCUT2D eigenvalue weighted by Crippen LogP contribution is -1.99. The molecule has 0 amide bonds. The first-order valence-electron chi connectivity index (χ1n) is 6.44. The van der Waals surface area contributed by atoms with Gasteiger partial charge in [-0.05, 0) is 37.1 Å². The van der Waals surface area contributed by atoms with E-state index in [4.69, 9.17) is 30.6 Å².